The lowest BCUT2D eigenvalue weighted by Crippen LogP contribution is -2.37. The molecule has 1 aromatic heterocycles. The second-order valence-electron chi connectivity index (χ2n) is 4.02. The molecule has 1 amide bonds. The maximum Gasteiger partial charge on any atom is 0.236 e. The Morgan fingerprint density at radius 3 is 2.76 bits per heavy atom. The Labute approximate surface area is 99.8 Å². The lowest BCUT2D eigenvalue weighted by Gasteiger charge is -2.20. The molecule has 0 unspecified atom stereocenters. The molecule has 2 N–H and O–H groups in total. The molecule has 1 fully saturated rings. The topological polar surface area (TPSA) is 81.3 Å². The third-order valence-corrected chi connectivity index (χ3v) is 2.72. The van der Waals surface area contributed by atoms with E-state index in [2.05, 4.69) is 10.2 Å². The highest BCUT2D eigenvalue weighted by Crippen LogP contribution is 2.28. The highest BCUT2D eigenvalue weighted by atomic mass is 16.5. The SMILES string of the molecule is COc1ccc(CN(C(=O)CN)C2CC2)nn1. The molecular weight excluding hydrogens is 220 g/mol. The number of nitrogens with two attached hydrogens (primary N) is 1. The second-order valence-corrected chi connectivity index (χ2v) is 4.02. The van der Waals surface area contributed by atoms with Crippen molar-refractivity contribution in [2.45, 2.75) is 25.4 Å². The number of methoxy groups -OCH3 is 1. The van der Waals surface area contributed by atoms with Gasteiger partial charge in [0.25, 0.3) is 0 Å². The number of amides is 1. The highest BCUT2D eigenvalue weighted by molar-refractivity contribution is 5.78. The Balaban J connectivity index is 2.03. The quantitative estimate of drug-likeness (QED) is 0.774. The van der Waals surface area contributed by atoms with Gasteiger partial charge in [0, 0.05) is 12.1 Å². The van der Waals surface area contributed by atoms with Crippen molar-refractivity contribution in [2.24, 2.45) is 5.73 Å². The molecule has 1 saturated carbocycles. The molecule has 2 rings (SSSR count). The van der Waals surface area contributed by atoms with Crippen molar-refractivity contribution in [1.82, 2.24) is 15.1 Å². The summed E-state index contributed by atoms with van der Waals surface area (Å²) >= 11 is 0. The third-order valence-electron chi connectivity index (χ3n) is 2.72. The van der Waals surface area contributed by atoms with Crippen LogP contribution in [0.4, 0.5) is 0 Å². The van der Waals surface area contributed by atoms with Gasteiger partial charge in [0.15, 0.2) is 0 Å². The maximum atomic E-state index is 11.6. The van der Waals surface area contributed by atoms with Gasteiger partial charge in [-0.1, -0.05) is 0 Å². The van der Waals surface area contributed by atoms with E-state index in [1.165, 1.54) is 7.11 Å². The van der Waals surface area contributed by atoms with Gasteiger partial charge >= 0.3 is 0 Å². The molecule has 0 bridgehead atoms. The maximum absolute atomic E-state index is 11.6. The van der Waals surface area contributed by atoms with Gasteiger partial charge in [-0.3, -0.25) is 4.79 Å². The van der Waals surface area contributed by atoms with Crippen LogP contribution in [0.5, 0.6) is 5.88 Å². The third kappa shape index (κ3) is 2.91. The van der Waals surface area contributed by atoms with Crippen LogP contribution in [-0.4, -0.2) is 40.7 Å². The number of rotatable bonds is 5. The van der Waals surface area contributed by atoms with Crippen LogP contribution in [0.1, 0.15) is 18.5 Å². The van der Waals surface area contributed by atoms with Crippen LogP contribution in [0, 0.1) is 0 Å². The van der Waals surface area contributed by atoms with Gasteiger partial charge < -0.3 is 15.4 Å². The van der Waals surface area contributed by atoms with Gasteiger partial charge in [0.1, 0.15) is 0 Å². The van der Waals surface area contributed by atoms with Gasteiger partial charge in [0.05, 0.1) is 25.9 Å². The van der Waals surface area contributed by atoms with Crippen LogP contribution in [0.2, 0.25) is 0 Å². The predicted octanol–water partition coefficient (Wildman–Crippen LogP) is -0.0651. The van der Waals surface area contributed by atoms with Gasteiger partial charge in [-0.05, 0) is 18.9 Å². The molecule has 1 heterocycles. The van der Waals surface area contributed by atoms with E-state index in [1.807, 2.05) is 6.07 Å². The van der Waals surface area contributed by atoms with Crippen molar-refractivity contribution in [3.63, 3.8) is 0 Å². The number of carbonyl (C=O) groups is 1. The Morgan fingerprint density at radius 1 is 1.53 bits per heavy atom. The van der Waals surface area contributed by atoms with E-state index in [1.54, 1.807) is 11.0 Å². The number of hydrogen-bond donors (Lipinski definition) is 1. The molecule has 0 aliphatic heterocycles. The number of hydrogen-bond acceptors (Lipinski definition) is 5. The average molecular weight is 236 g/mol. The summed E-state index contributed by atoms with van der Waals surface area (Å²) in [6, 6.07) is 3.88. The zero-order valence-corrected chi connectivity index (χ0v) is 9.80. The smallest absolute Gasteiger partial charge is 0.236 e. The largest absolute Gasteiger partial charge is 0.480 e. The van der Waals surface area contributed by atoms with E-state index in [-0.39, 0.29) is 12.5 Å². The van der Waals surface area contributed by atoms with E-state index in [0.29, 0.717) is 18.5 Å². The van der Waals surface area contributed by atoms with Crippen molar-refractivity contribution < 1.29 is 9.53 Å². The van der Waals surface area contributed by atoms with E-state index in [0.717, 1.165) is 18.5 Å². The summed E-state index contributed by atoms with van der Waals surface area (Å²) in [4.78, 5) is 13.4. The summed E-state index contributed by atoms with van der Waals surface area (Å²) < 4.78 is 4.93. The highest BCUT2D eigenvalue weighted by Gasteiger charge is 2.32. The summed E-state index contributed by atoms with van der Waals surface area (Å²) in [5.74, 6) is 0.432. The van der Waals surface area contributed by atoms with Crippen molar-refractivity contribution in [2.75, 3.05) is 13.7 Å². The number of nitrogens with zero attached hydrogens (tertiary/aromatic N) is 3. The number of ether oxygens (including phenoxy) is 1. The standard InChI is InChI=1S/C11H16N4O2/c1-17-10-5-2-8(13-14-10)7-15(9-3-4-9)11(16)6-12/h2,5,9H,3-4,6-7,12H2,1H3. The van der Waals surface area contributed by atoms with E-state index in [9.17, 15) is 4.79 Å². The second kappa shape index (κ2) is 5.09. The van der Waals surface area contributed by atoms with Crippen molar-refractivity contribution in [3.05, 3.63) is 17.8 Å². The monoisotopic (exact) mass is 236 g/mol. The van der Waals surface area contributed by atoms with Gasteiger partial charge in [-0.2, -0.15) is 5.10 Å². The molecule has 0 radical (unpaired) electrons. The molecule has 1 aliphatic carbocycles. The minimum atomic E-state index is -0.0369. The average Bonchev–Trinajstić information content (AvgIpc) is 3.20. The summed E-state index contributed by atoms with van der Waals surface area (Å²) in [6.07, 6.45) is 2.10. The van der Waals surface area contributed by atoms with Crippen LogP contribution >= 0.6 is 0 Å². The fraction of sp³-hybridized carbons (Fsp3) is 0.545. The molecule has 0 spiro atoms. The number of carbonyl (C=O) groups excluding carboxylic acids is 1. The summed E-state index contributed by atoms with van der Waals surface area (Å²) in [7, 11) is 1.54. The van der Waals surface area contributed by atoms with E-state index < -0.39 is 0 Å². The Hall–Kier alpha value is -1.69. The van der Waals surface area contributed by atoms with Gasteiger partial charge in [-0.15, -0.1) is 5.10 Å². The minimum Gasteiger partial charge on any atom is -0.480 e. The molecule has 6 heteroatoms. The van der Waals surface area contributed by atoms with E-state index in [4.69, 9.17) is 10.5 Å². The normalized spacial score (nSPS) is 14.5. The lowest BCUT2D eigenvalue weighted by molar-refractivity contribution is -0.130. The van der Waals surface area contributed by atoms with Gasteiger partial charge in [-0.25, -0.2) is 0 Å². The molecule has 6 nitrogen and oxygen atoms in total. The molecule has 0 saturated heterocycles. The van der Waals surface area contributed by atoms with Crippen molar-refractivity contribution in [3.8, 4) is 5.88 Å². The Morgan fingerprint density at radius 2 is 2.29 bits per heavy atom. The van der Waals surface area contributed by atoms with Crippen LogP contribution in [0.15, 0.2) is 12.1 Å². The Bertz CT molecular complexity index is 389. The molecular formula is C11H16N4O2. The first kappa shape index (κ1) is 11.8. The molecule has 1 aromatic rings. The zero-order valence-electron chi connectivity index (χ0n) is 9.80. The van der Waals surface area contributed by atoms with Crippen LogP contribution in [0.25, 0.3) is 0 Å². The molecule has 0 aromatic carbocycles. The fourth-order valence-electron chi connectivity index (χ4n) is 1.64. The first-order valence-corrected chi connectivity index (χ1v) is 5.60. The summed E-state index contributed by atoms with van der Waals surface area (Å²) in [5, 5.41) is 7.88. The summed E-state index contributed by atoms with van der Waals surface area (Å²) in [6.45, 7) is 0.512. The molecule has 17 heavy (non-hydrogen) atoms. The summed E-state index contributed by atoms with van der Waals surface area (Å²) in [5.41, 5.74) is 6.14. The van der Waals surface area contributed by atoms with E-state index >= 15 is 0 Å². The minimum absolute atomic E-state index is 0.0369. The van der Waals surface area contributed by atoms with Crippen LogP contribution in [-0.2, 0) is 11.3 Å². The van der Waals surface area contributed by atoms with Crippen molar-refractivity contribution in [1.29, 1.82) is 0 Å². The Kier molecular flexibility index (Phi) is 3.53. The van der Waals surface area contributed by atoms with Crippen molar-refractivity contribution >= 4 is 5.91 Å². The number of aromatic nitrogens is 2. The first-order valence-electron chi connectivity index (χ1n) is 5.60. The predicted molar refractivity (Wildman–Crippen MR) is 61.2 cm³/mol. The lowest BCUT2D eigenvalue weighted by atomic mass is 10.3. The fourth-order valence-corrected chi connectivity index (χ4v) is 1.64. The van der Waals surface area contributed by atoms with Crippen LogP contribution < -0.4 is 10.5 Å². The van der Waals surface area contributed by atoms with Gasteiger partial charge in [0.2, 0.25) is 11.8 Å². The zero-order chi connectivity index (χ0) is 12.3. The molecule has 0 atom stereocenters. The molecule has 1 aliphatic rings. The molecule has 92 valence electrons. The van der Waals surface area contributed by atoms with Crippen LogP contribution in [0.3, 0.4) is 0 Å². The first-order chi connectivity index (χ1) is 8.24.